The van der Waals surface area contributed by atoms with E-state index in [2.05, 4.69) is 5.32 Å². The summed E-state index contributed by atoms with van der Waals surface area (Å²) in [6.45, 7) is 5.90. The van der Waals surface area contributed by atoms with E-state index < -0.39 is 0 Å². The maximum absolute atomic E-state index is 11.6. The second-order valence-corrected chi connectivity index (χ2v) is 5.10. The standard InChI is InChI=1S/C14H18ClNO3/c1-9(2)10(3)16-14(18)8-19-13-5-4-11(7-17)6-12(13)15/h4-7,9-10H,8H2,1-3H3,(H,16,18). The Morgan fingerprint density at radius 3 is 2.63 bits per heavy atom. The van der Waals surface area contributed by atoms with Crippen molar-refractivity contribution in [1.29, 1.82) is 0 Å². The molecule has 0 saturated heterocycles. The number of hydrogen-bond donors (Lipinski definition) is 1. The van der Waals surface area contributed by atoms with Crippen LogP contribution in [0.3, 0.4) is 0 Å². The van der Waals surface area contributed by atoms with E-state index in [9.17, 15) is 9.59 Å². The molecule has 1 rings (SSSR count). The van der Waals surface area contributed by atoms with Crippen molar-refractivity contribution in [3.63, 3.8) is 0 Å². The third-order valence-corrected chi connectivity index (χ3v) is 3.13. The highest BCUT2D eigenvalue weighted by Gasteiger charge is 2.12. The molecular formula is C14H18ClNO3. The summed E-state index contributed by atoms with van der Waals surface area (Å²) in [6.07, 6.45) is 0.701. The number of hydrogen-bond acceptors (Lipinski definition) is 3. The van der Waals surface area contributed by atoms with Gasteiger partial charge in [-0.25, -0.2) is 0 Å². The lowest BCUT2D eigenvalue weighted by atomic mass is 10.1. The molecule has 0 aliphatic carbocycles. The monoisotopic (exact) mass is 283 g/mol. The van der Waals surface area contributed by atoms with Crippen molar-refractivity contribution >= 4 is 23.8 Å². The third kappa shape index (κ3) is 4.91. The highest BCUT2D eigenvalue weighted by molar-refractivity contribution is 6.32. The first kappa shape index (κ1) is 15.5. The van der Waals surface area contributed by atoms with E-state index in [1.165, 1.54) is 6.07 Å². The van der Waals surface area contributed by atoms with Crippen LogP contribution in [0.25, 0.3) is 0 Å². The van der Waals surface area contributed by atoms with Crippen LogP contribution >= 0.6 is 11.6 Å². The largest absolute Gasteiger partial charge is 0.482 e. The summed E-state index contributed by atoms with van der Waals surface area (Å²) in [5.74, 6) is 0.552. The first-order valence-electron chi connectivity index (χ1n) is 6.11. The van der Waals surface area contributed by atoms with Crippen LogP contribution < -0.4 is 10.1 Å². The van der Waals surface area contributed by atoms with Gasteiger partial charge < -0.3 is 10.1 Å². The molecule has 0 saturated carbocycles. The molecule has 1 N–H and O–H groups in total. The highest BCUT2D eigenvalue weighted by atomic mass is 35.5. The number of halogens is 1. The minimum Gasteiger partial charge on any atom is -0.482 e. The smallest absolute Gasteiger partial charge is 0.258 e. The molecule has 0 fully saturated rings. The molecular weight excluding hydrogens is 266 g/mol. The van der Waals surface area contributed by atoms with Gasteiger partial charge in [0.2, 0.25) is 0 Å². The van der Waals surface area contributed by atoms with Gasteiger partial charge in [-0.05, 0) is 31.0 Å². The summed E-state index contributed by atoms with van der Waals surface area (Å²) in [7, 11) is 0. The molecule has 1 amide bonds. The fourth-order valence-corrected chi connectivity index (χ4v) is 1.56. The Morgan fingerprint density at radius 2 is 2.11 bits per heavy atom. The molecule has 1 aromatic carbocycles. The van der Waals surface area contributed by atoms with Gasteiger partial charge in [-0.3, -0.25) is 9.59 Å². The van der Waals surface area contributed by atoms with Crippen LogP contribution in [0.15, 0.2) is 18.2 Å². The molecule has 5 heteroatoms. The summed E-state index contributed by atoms with van der Waals surface area (Å²) in [4.78, 5) is 22.2. The quantitative estimate of drug-likeness (QED) is 0.817. The summed E-state index contributed by atoms with van der Waals surface area (Å²) < 4.78 is 5.32. The summed E-state index contributed by atoms with van der Waals surface area (Å²) in [5, 5.41) is 3.14. The van der Waals surface area contributed by atoms with Crippen LogP contribution in [0, 0.1) is 5.92 Å². The maximum Gasteiger partial charge on any atom is 0.258 e. The minimum absolute atomic E-state index is 0.0870. The Hall–Kier alpha value is -1.55. The van der Waals surface area contributed by atoms with Crippen molar-refractivity contribution in [3.8, 4) is 5.75 Å². The van der Waals surface area contributed by atoms with Crippen molar-refractivity contribution < 1.29 is 14.3 Å². The van der Waals surface area contributed by atoms with Crippen LogP contribution in [-0.4, -0.2) is 24.8 Å². The lowest BCUT2D eigenvalue weighted by molar-refractivity contribution is -0.124. The van der Waals surface area contributed by atoms with Crippen molar-refractivity contribution in [1.82, 2.24) is 5.32 Å². The second kappa shape index (κ2) is 7.14. The topological polar surface area (TPSA) is 55.4 Å². The molecule has 0 bridgehead atoms. The van der Waals surface area contributed by atoms with Crippen LogP contribution in [-0.2, 0) is 4.79 Å². The Morgan fingerprint density at radius 1 is 1.42 bits per heavy atom. The number of rotatable bonds is 6. The summed E-state index contributed by atoms with van der Waals surface area (Å²) >= 11 is 5.93. The minimum atomic E-state index is -0.197. The molecule has 0 spiro atoms. The van der Waals surface area contributed by atoms with E-state index in [0.717, 1.165) is 0 Å². The average Bonchev–Trinajstić information content (AvgIpc) is 2.36. The highest BCUT2D eigenvalue weighted by Crippen LogP contribution is 2.24. The molecule has 4 nitrogen and oxygen atoms in total. The van der Waals surface area contributed by atoms with Crippen LogP contribution in [0.1, 0.15) is 31.1 Å². The Bertz CT molecular complexity index is 460. The lowest BCUT2D eigenvalue weighted by Gasteiger charge is -2.17. The number of ether oxygens (including phenoxy) is 1. The number of carbonyl (C=O) groups excluding carboxylic acids is 2. The Balaban J connectivity index is 2.53. The van der Waals surface area contributed by atoms with Crippen LogP contribution in [0.4, 0.5) is 0 Å². The predicted molar refractivity (Wildman–Crippen MR) is 74.8 cm³/mol. The fourth-order valence-electron chi connectivity index (χ4n) is 1.31. The van der Waals surface area contributed by atoms with Gasteiger partial charge in [0.1, 0.15) is 12.0 Å². The maximum atomic E-state index is 11.6. The van der Waals surface area contributed by atoms with E-state index in [1.54, 1.807) is 12.1 Å². The van der Waals surface area contributed by atoms with Gasteiger partial charge in [0.05, 0.1) is 5.02 Å². The molecule has 0 aliphatic rings. The number of amides is 1. The molecule has 0 aromatic heterocycles. The number of benzene rings is 1. The molecule has 0 aliphatic heterocycles. The Kier molecular flexibility index (Phi) is 5.83. The normalized spacial score (nSPS) is 12.1. The third-order valence-electron chi connectivity index (χ3n) is 2.84. The molecule has 19 heavy (non-hydrogen) atoms. The molecule has 1 atom stereocenters. The molecule has 1 aromatic rings. The summed E-state index contributed by atoms with van der Waals surface area (Å²) in [6, 6.07) is 4.75. The van der Waals surface area contributed by atoms with Crippen molar-refractivity contribution in [2.75, 3.05) is 6.61 Å². The van der Waals surface area contributed by atoms with E-state index >= 15 is 0 Å². The van der Waals surface area contributed by atoms with Gasteiger partial charge in [0.15, 0.2) is 6.61 Å². The lowest BCUT2D eigenvalue weighted by Crippen LogP contribution is -2.38. The van der Waals surface area contributed by atoms with Crippen LogP contribution in [0.2, 0.25) is 5.02 Å². The average molecular weight is 284 g/mol. The SMILES string of the molecule is CC(C)C(C)NC(=O)COc1ccc(C=O)cc1Cl. The fraction of sp³-hybridized carbons (Fsp3) is 0.429. The van der Waals surface area contributed by atoms with E-state index in [4.69, 9.17) is 16.3 Å². The first-order chi connectivity index (χ1) is 8.93. The van der Waals surface area contributed by atoms with Gasteiger partial charge in [0, 0.05) is 11.6 Å². The van der Waals surface area contributed by atoms with E-state index in [1.807, 2.05) is 20.8 Å². The van der Waals surface area contributed by atoms with Crippen molar-refractivity contribution in [3.05, 3.63) is 28.8 Å². The zero-order valence-electron chi connectivity index (χ0n) is 11.3. The Labute approximate surface area is 118 Å². The number of aldehydes is 1. The molecule has 0 radical (unpaired) electrons. The zero-order chi connectivity index (χ0) is 14.4. The van der Waals surface area contributed by atoms with Gasteiger partial charge >= 0.3 is 0 Å². The second-order valence-electron chi connectivity index (χ2n) is 4.70. The van der Waals surface area contributed by atoms with Gasteiger partial charge in [-0.2, -0.15) is 0 Å². The first-order valence-corrected chi connectivity index (χ1v) is 6.48. The van der Waals surface area contributed by atoms with E-state index in [-0.39, 0.29) is 18.6 Å². The zero-order valence-corrected chi connectivity index (χ0v) is 12.0. The number of nitrogens with one attached hydrogen (secondary N) is 1. The summed E-state index contributed by atoms with van der Waals surface area (Å²) in [5.41, 5.74) is 0.468. The van der Waals surface area contributed by atoms with Gasteiger partial charge in [-0.15, -0.1) is 0 Å². The van der Waals surface area contributed by atoms with Crippen molar-refractivity contribution in [2.45, 2.75) is 26.8 Å². The van der Waals surface area contributed by atoms with Gasteiger partial charge in [-0.1, -0.05) is 25.4 Å². The van der Waals surface area contributed by atoms with Crippen molar-refractivity contribution in [2.24, 2.45) is 5.92 Å². The van der Waals surface area contributed by atoms with Gasteiger partial charge in [0.25, 0.3) is 5.91 Å². The molecule has 0 heterocycles. The predicted octanol–water partition coefficient (Wildman–Crippen LogP) is 2.69. The number of carbonyl (C=O) groups is 2. The van der Waals surface area contributed by atoms with E-state index in [0.29, 0.717) is 28.5 Å². The van der Waals surface area contributed by atoms with Crippen LogP contribution in [0.5, 0.6) is 5.75 Å². The molecule has 104 valence electrons. The molecule has 1 unspecified atom stereocenters.